The van der Waals surface area contributed by atoms with Crippen molar-refractivity contribution >= 4 is 39.6 Å². The fourth-order valence-corrected chi connectivity index (χ4v) is 8.40. The summed E-state index contributed by atoms with van der Waals surface area (Å²) in [4.78, 5) is 58.6. The van der Waals surface area contributed by atoms with Crippen LogP contribution in [0.3, 0.4) is 0 Å². The summed E-state index contributed by atoms with van der Waals surface area (Å²) in [6.45, 7) is 13.6. The molecule has 3 aliphatic rings. The summed E-state index contributed by atoms with van der Waals surface area (Å²) in [5, 5.41) is 12.6. The number of nitrogens with one attached hydrogen (secondary N) is 1. The van der Waals surface area contributed by atoms with Gasteiger partial charge in [0.25, 0.3) is 0 Å². The van der Waals surface area contributed by atoms with Gasteiger partial charge in [-0.2, -0.15) is 0 Å². The van der Waals surface area contributed by atoms with E-state index in [1.807, 2.05) is 37.3 Å². The highest BCUT2D eigenvalue weighted by Gasteiger charge is 2.77. The maximum atomic E-state index is 14.5. The van der Waals surface area contributed by atoms with Crippen molar-refractivity contribution in [2.45, 2.75) is 100 Å². The van der Waals surface area contributed by atoms with Gasteiger partial charge in [0, 0.05) is 37.0 Å². The highest BCUT2D eigenvalue weighted by atomic mass is 79.9. The molecule has 4 rings (SSSR count). The Labute approximate surface area is 280 Å². The molecule has 0 aromatic heterocycles. The molecule has 252 valence electrons. The zero-order chi connectivity index (χ0) is 33.6. The third kappa shape index (κ3) is 6.96. The fraction of sp³-hybridized carbons (Fsp3) is 0.600. The van der Waals surface area contributed by atoms with E-state index in [0.717, 1.165) is 12.8 Å². The Kier molecular flexibility index (Phi) is 12.2. The minimum atomic E-state index is -1.25. The van der Waals surface area contributed by atoms with Crippen molar-refractivity contribution in [1.29, 1.82) is 0 Å². The number of hydrogen-bond donors (Lipinski definition) is 2. The lowest BCUT2D eigenvalue weighted by Crippen LogP contribution is -2.58. The summed E-state index contributed by atoms with van der Waals surface area (Å²) in [6, 6.07) is 7.53. The predicted molar refractivity (Wildman–Crippen MR) is 178 cm³/mol. The number of ether oxygens (including phenoxy) is 2. The summed E-state index contributed by atoms with van der Waals surface area (Å²) >= 11 is 3.71. The first-order valence-electron chi connectivity index (χ1n) is 16.4. The maximum Gasteiger partial charge on any atom is 0.313 e. The number of esters is 1. The Morgan fingerprint density at radius 1 is 1.24 bits per heavy atom. The average Bonchev–Trinajstić information content (AvgIpc) is 3.63. The van der Waals surface area contributed by atoms with Crippen LogP contribution in [0.15, 0.2) is 55.6 Å². The number of amides is 3. The molecule has 11 heteroatoms. The van der Waals surface area contributed by atoms with E-state index in [1.165, 1.54) is 4.90 Å². The Morgan fingerprint density at radius 3 is 2.59 bits per heavy atom. The van der Waals surface area contributed by atoms with Crippen LogP contribution in [0.1, 0.15) is 71.0 Å². The highest BCUT2D eigenvalue weighted by molar-refractivity contribution is 9.09. The van der Waals surface area contributed by atoms with Crippen molar-refractivity contribution < 1.29 is 33.8 Å². The summed E-state index contributed by atoms with van der Waals surface area (Å²) in [5.41, 5.74) is -0.550. The second-order valence-corrected chi connectivity index (χ2v) is 13.8. The number of aliphatic hydroxyl groups is 1. The number of allylic oxidation sites excluding steroid dienone is 1. The van der Waals surface area contributed by atoms with Crippen molar-refractivity contribution in [3.8, 4) is 0 Å². The number of benzene rings is 1. The third-order valence-corrected chi connectivity index (χ3v) is 10.3. The second-order valence-electron chi connectivity index (χ2n) is 12.6. The topological polar surface area (TPSA) is 125 Å². The molecule has 1 aromatic carbocycles. The molecule has 3 saturated heterocycles. The molecule has 3 fully saturated rings. The third-order valence-electron chi connectivity index (χ3n) is 9.49. The fourth-order valence-electron chi connectivity index (χ4n) is 7.46. The number of alkyl halides is 1. The van der Waals surface area contributed by atoms with Gasteiger partial charge in [0.05, 0.1) is 24.0 Å². The molecule has 9 atom stereocenters. The molecule has 3 heterocycles. The van der Waals surface area contributed by atoms with Gasteiger partial charge in [0.15, 0.2) is 0 Å². The van der Waals surface area contributed by atoms with Crippen molar-refractivity contribution in [2.75, 3.05) is 19.7 Å². The molecule has 2 N–H and O–H groups in total. The first-order chi connectivity index (χ1) is 22.1. The number of fused-ring (bicyclic) bond motifs is 1. The van der Waals surface area contributed by atoms with Gasteiger partial charge in [-0.05, 0) is 45.1 Å². The number of halogens is 1. The lowest BCUT2D eigenvalue weighted by Gasteiger charge is -2.39. The van der Waals surface area contributed by atoms with E-state index >= 15 is 0 Å². The molecule has 1 spiro atoms. The van der Waals surface area contributed by atoms with Crippen molar-refractivity contribution in [3.05, 3.63) is 61.2 Å². The molecule has 2 unspecified atom stereocenters. The zero-order valence-electron chi connectivity index (χ0n) is 27.1. The normalized spacial score (nSPS) is 28.2. The number of carbonyl (C=O) groups is 4. The number of aliphatic hydroxyl groups excluding tert-OH is 1. The summed E-state index contributed by atoms with van der Waals surface area (Å²) in [6.07, 6.45) is 4.89. The summed E-state index contributed by atoms with van der Waals surface area (Å²) in [7, 11) is 0. The van der Waals surface area contributed by atoms with Crippen LogP contribution in [-0.2, 0) is 28.7 Å². The first-order valence-corrected chi connectivity index (χ1v) is 17.3. The van der Waals surface area contributed by atoms with Gasteiger partial charge in [-0.3, -0.25) is 19.2 Å². The van der Waals surface area contributed by atoms with Crippen LogP contribution in [0.5, 0.6) is 0 Å². The second kappa shape index (κ2) is 15.7. The number of likely N-dealkylation sites (tertiary alicyclic amines) is 1. The Hall–Kier alpha value is -3.02. The van der Waals surface area contributed by atoms with E-state index < -0.39 is 47.7 Å². The number of rotatable bonds is 17. The standard InChI is InChI=1S/C35H48BrN3O7/c1-6-9-17-26(41)37-23(5)29(24-15-11-10-12-16-24)45-34(44)27-28-32(42)39(19-13-20-40)31(35(28)21-25(36)30(27)46-35)33(43)38(18-8-3)22(4)14-7-2/h6,8,10-12,15-16,22-23,25,27-31,40H,1,3,7,9,13-14,17-21H2,2,4-5H3,(H,37,41)/t22?,23-,25?,27-,28+,29-,30-,31-,35+/m1/s1. The largest absolute Gasteiger partial charge is 0.455 e. The molecule has 3 amide bonds. The van der Waals surface area contributed by atoms with Crippen molar-refractivity contribution in [1.82, 2.24) is 15.1 Å². The van der Waals surface area contributed by atoms with Crippen LogP contribution in [0.2, 0.25) is 0 Å². The average molecular weight is 703 g/mol. The molecule has 0 radical (unpaired) electrons. The molecular formula is C35H48BrN3O7. The van der Waals surface area contributed by atoms with E-state index in [1.54, 1.807) is 24.0 Å². The van der Waals surface area contributed by atoms with Crippen molar-refractivity contribution in [3.63, 3.8) is 0 Å². The van der Waals surface area contributed by atoms with Gasteiger partial charge < -0.3 is 29.7 Å². The maximum absolute atomic E-state index is 14.5. The first kappa shape index (κ1) is 35.8. The van der Waals surface area contributed by atoms with E-state index in [-0.39, 0.29) is 54.6 Å². The molecule has 0 saturated carbocycles. The lowest BCUT2D eigenvalue weighted by molar-refractivity contribution is -0.162. The molecule has 3 aliphatic heterocycles. The quantitative estimate of drug-likeness (QED) is 0.143. The Morgan fingerprint density at radius 2 is 1.96 bits per heavy atom. The zero-order valence-corrected chi connectivity index (χ0v) is 28.7. The highest BCUT2D eigenvalue weighted by Crippen LogP contribution is 2.60. The van der Waals surface area contributed by atoms with Gasteiger partial charge in [0.2, 0.25) is 17.7 Å². The van der Waals surface area contributed by atoms with Crippen LogP contribution >= 0.6 is 15.9 Å². The van der Waals surface area contributed by atoms with Crippen LogP contribution in [-0.4, -0.2) is 93.0 Å². The molecular weight excluding hydrogens is 654 g/mol. The van der Waals surface area contributed by atoms with E-state index in [9.17, 15) is 24.3 Å². The van der Waals surface area contributed by atoms with Crippen molar-refractivity contribution in [2.24, 2.45) is 11.8 Å². The SMILES string of the molecule is C=CCCC(=O)N[C@H](C)[C@@H](OC(=O)[C@H]1[C@@H]2O[C@@]3(CC2Br)[C@@H]1C(=O)N(CCCO)[C@@H]3C(=O)N(CC=C)C(C)CCC)c1ccccc1. The van der Waals surface area contributed by atoms with E-state index in [2.05, 4.69) is 41.3 Å². The van der Waals surface area contributed by atoms with Gasteiger partial charge in [-0.25, -0.2) is 0 Å². The predicted octanol–water partition coefficient (Wildman–Crippen LogP) is 4.08. The van der Waals surface area contributed by atoms with Crippen LogP contribution in [0, 0.1) is 11.8 Å². The minimum absolute atomic E-state index is 0.102. The van der Waals surface area contributed by atoms with Gasteiger partial charge in [0.1, 0.15) is 17.7 Å². The van der Waals surface area contributed by atoms with Gasteiger partial charge >= 0.3 is 5.97 Å². The van der Waals surface area contributed by atoms with E-state index in [0.29, 0.717) is 24.9 Å². The summed E-state index contributed by atoms with van der Waals surface area (Å²) in [5.74, 6) is -3.32. The molecule has 10 nitrogen and oxygen atoms in total. The molecule has 2 bridgehead atoms. The van der Waals surface area contributed by atoms with Crippen LogP contribution in [0.4, 0.5) is 0 Å². The number of carbonyl (C=O) groups excluding carboxylic acids is 4. The Balaban J connectivity index is 1.69. The van der Waals surface area contributed by atoms with E-state index in [4.69, 9.17) is 9.47 Å². The number of nitrogens with zero attached hydrogens (tertiary/aromatic N) is 2. The minimum Gasteiger partial charge on any atom is -0.455 e. The molecule has 0 aliphatic carbocycles. The number of hydrogen-bond acceptors (Lipinski definition) is 7. The molecule has 46 heavy (non-hydrogen) atoms. The smallest absolute Gasteiger partial charge is 0.313 e. The summed E-state index contributed by atoms with van der Waals surface area (Å²) < 4.78 is 12.9. The van der Waals surface area contributed by atoms with Crippen LogP contribution < -0.4 is 5.32 Å². The lowest BCUT2D eigenvalue weighted by atomic mass is 9.70. The van der Waals surface area contributed by atoms with Gasteiger partial charge in [-0.1, -0.05) is 71.8 Å². The molecule has 1 aromatic rings. The van der Waals surface area contributed by atoms with Gasteiger partial charge in [-0.15, -0.1) is 13.2 Å². The van der Waals surface area contributed by atoms with Crippen LogP contribution in [0.25, 0.3) is 0 Å². The monoisotopic (exact) mass is 701 g/mol. The Bertz CT molecular complexity index is 1280.